The number of Topliss-reactive ketones (excluding diaryl/α,β-unsaturated/α-hetero) is 1. The molecule has 2 rings (SSSR count). The lowest BCUT2D eigenvalue weighted by molar-refractivity contribution is -0.135. The van der Waals surface area contributed by atoms with E-state index in [4.69, 9.17) is 10.5 Å². The van der Waals surface area contributed by atoms with Crippen molar-refractivity contribution in [2.45, 2.75) is 65.6 Å². The fourth-order valence-corrected chi connectivity index (χ4v) is 4.17. The number of nitrogen functional groups attached to an aromatic ring is 1. The zero-order valence-electron chi connectivity index (χ0n) is 13.3. The summed E-state index contributed by atoms with van der Waals surface area (Å²) in [5.74, 6) is 0.195. The van der Waals surface area contributed by atoms with E-state index in [0.717, 1.165) is 28.8 Å². The molecule has 3 nitrogen and oxygen atoms in total. The van der Waals surface area contributed by atoms with Crippen LogP contribution in [0.3, 0.4) is 0 Å². The Morgan fingerprint density at radius 2 is 2.00 bits per heavy atom. The van der Waals surface area contributed by atoms with Gasteiger partial charge in [0.05, 0.1) is 21.8 Å². The van der Waals surface area contributed by atoms with E-state index in [0.29, 0.717) is 5.00 Å². The molecule has 0 spiro atoms. The molecule has 0 bridgehead atoms. The molecule has 0 amide bonds. The summed E-state index contributed by atoms with van der Waals surface area (Å²) in [4.78, 5) is 13.7. The van der Waals surface area contributed by atoms with Gasteiger partial charge in [-0.25, -0.2) is 0 Å². The van der Waals surface area contributed by atoms with Crippen LogP contribution >= 0.6 is 11.3 Å². The predicted octanol–water partition coefficient (Wildman–Crippen LogP) is 4.15. The van der Waals surface area contributed by atoms with Crippen LogP contribution in [0.5, 0.6) is 0 Å². The highest BCUT2D eigenvalue weighted by atomic mass is 32.1. The van der Waals surface area contributed by atoms with Gasteiger partial charge in [0.15, 0.2) is 5.78 Å². The minimum absolute atomic E-state index is 0.0186. The second-order valence-corrected chi connectivity index (χ2v) is 7.92. The van der Waals surface area contributed by atoms with Crippen molar-refractivity contribution in [3.63, 3.8) is 0 Å². The molecule has 0 fully saturated rings. The average molecular weight is 295 g/mol. The quantitative estimate of drug-likeness (QED) is 0.852. The number of nitrogens with two attached hydrogens (primary N) is 1. The second kappa shape index (κ2) is 4.85. The summed E-state index contributed by atoms with van der Waals surface area (Å²) in [7, 11) is 0. The van der Waals surface area contributed by atoms with Gasteiger partial charge in [-0.3, -0.25) is 4.79 Å². The molecular formula is C16H25NO2S. The molecule has 1 atom stereocenters. The first kappa shape index (κ1) is 15.5. The minimum Gasteiger partial charge on any atom is -0.390 e. The summed E-state index contributed by atoms with van der Waals surface area (Å²) in [6.07, 6.45) is 1.59. The van der Waals surface area contributed by atoms with Crippen molar-refractivity contribution in [1.29, 1.82) is 0 Å². The van der Waals surface area contributed by atoms with Crippen LogP contribution in [0.15, 0.2) is 0 Å². The molecule has 4 heteroatoms. The van der Waals surface area contributed by atoms with Crippen molar-refractivity contribution in [3.8, 4) is 0 Å². The number of carbonyl (C=O) groups excluding carboxylic acids is 1. The van der Waals surface area contributed by atoms with Gasteiger partial charge in [-0.15, -0.1) is 11.3 Å². The Morgan fingerprint density at radius 3 is 2.55 bits per heavy atom. The van der Waals surface area contributed by atoms with Gasteiger partial charge in [-0.1, -0.05) is 13.8 Å². The molecule has 1 aromatic rings. The first-order valence-electron chi connectivity index (χ1n) is 7.25. The maximum Gasteiger partial charge on any atom is 0.168 e. The van der Waals surface area contributed by atoms with Crippen molar-refractivity contribution in [3.05, 3.63) is 16.0 Å². The molecule has 112 valence electrons. The number of hydrogen-bond acceptors (Lipinski definition) is 4. The van der Waals surface area contributed by atoms with E-state index in [9.17, 15) is 4.79 Å². The molecular weight excluding hydrogens is 270 g/mol. The maximum atomic E-state index is 12.6. The molecule has 1 aliphatic rings. The van der Waals surface area contributed by atoms with E-state index in [2.05, 4.69) is 27.7 Å². The highest BCUT2D eigenvalue weighted by Gasteiger charge is 2.42. The van der Waals surface area contributed by atoms with E-state index in [1.54, 1.807) is 0 Å². The molecule has 0 aliphatic carbocycles. The SMILES string of the molecule is CCC(C)C(=O)c1c(N)sc2c1CC(C)(C)OC2(C)C. The van der Waals surface area contributed by atoms with E-state index in [-0.39, 0.29) is 22.9 Å². The third-order valence-electron chi connectivity index (χ3n) is 4.02. The maximum absolute atomic E-state index is 12.6. The summed E-state index contributed by atoms with van der Waals surface area (Å²) in [6.45, 7) is 12.3. The van der Waals surface area contributed by atoms with Crippen molar-refractivity contribution >= 4 is 22.1 Å². The molecule has 0 radical (unpaired) electrons. The summed E-state index contributed by atoms with van der Waals surface area (Å²) in [6, 6.07) is 0. The van der Waals surface area contributed by atoms with Gasteiger partial charge < -0.3 is 10.5 Å². The first-order chi connectivity index (χ1) is 9.09. The number of fused-ring (bicyclic) bond motifs is 1. The molecule has 20 heavy (non-hydrogen) atoms. The first-order valence-corrected chi connectivity index (χ1v) is 8.06. The number of thiophene rings is 1. The van der Waals surface area contributed by atoms with Crippen LogP contribution in [0.1, 0.15) is 68.8 Å². The molecule has 1 aromatic heterocycles. The lowest BCUT2D eigenvalue weighted by Gasteiger charge is -2.41. The lowest BCUT2D eigenvalue weighted by Crippen LogP contribution is -2.42. The number of hydrogen-bond donors (Lipinski definition) is 1. The standard InChI is InChI=1S/C16H25NO2S/c1-7-9(2)12(18)11-10-8-15(3,4)19-16(5,6)13(10)20-14(11)17/h9H,7-8,17H2,1-6H3. The zero-order chi connectivity index (χ0) is 15.3. The zero-order valence-corrected chi connectivity index (χ0v) is 14.1. The van der Waals surface area contributed by atoms with Crippen molar-refractivity contribution in [1.82, 2.24) is 0 Å². The Morgan fingerprint density at radius 1 is 1.40 bits per heavy atom. The molecule has 0 saturated carbocycles. The van der Waals surface area contributed by atoms with Crippen molar-refractivity contribution < 1.29 is 9.53 Å². The van der Waals surface area contributed by atoms with Crippen molar-refractivity contribution in [2.24, 2.45) is 5.92 Å². The van der Waals surface area contributed by atoms with Gasteiger partial charge in [0, 0.05) is 17.2 Å². The second-order valence-electron chi connectivity index (χ2n) is 6.87. The summed E-state index contributed by atoms with van der Waals surface area (Å²) in [5, 5.41) is 0.648. The highest BCUT2D eigenvalue weighted by Crippen LogP contribution is 2.47. The fourth-order valence-electron chi connectivity index (χ4n) is 3.04. The topological polar surface area (TPSA) is 52.3 Å². The largest absolute Gasteiger partial charge is 0.390 e. The van der Waals surface area contributed by atoms with E-state index in [1.807, 2.05) is 13.8 Å². The molecule has 1 aliphatic heterocycles. The summed E-state index contributed by atoms with van der Waals surface area (Å²) < 4.78 is 6.17. The molecule has 2 heterocycles. The number of rotatable bonds is 3. The van der Waals surface area contributed by atoms with Crippen molar-refractivity contribution in [2.75, 3.05) is 5.73 Å². The molecule has 0 aromatic carbocycles. The Hall–Kier alpha value is -0.870. The monoisotopic (exact) mass is 295 g/mol. The van der Waals surface area contributed by atoms with Gasteiger partial charge in [-0.05, 0) is 39.7 Å². The van der Waals surface area contributed by atoms with E-state index < -0.39 is 0 Å². The smallest absolute Gasteiger partial charge is 0.168 e. The van der Waals surface area contributed by atoms with Crippen LogP contribution in [-0.2, 0) is 16.8 Å². The molecule has 2 N–H and O–H groups in total. The summed E-state index contributed by atoms with van der Waals surface area (Å²) in [5.41, 5.74) is 7.38. The van der Waals surface area contributed by atoms with Gasteiger partial charge in [-0.2, -0.15) is 0 Å². The predicted molar refractivity (Wildman–Crippen MR) is 84.4 cm³/mol. The normalized spacial score (nSPS) is 21.3. The Bertz CT molecular complexity index is 543. The fraction of sp³-hybridized carbons (Fsp3) is 0.688. The van der Waals surface area contributed by atoms with E-state index >= 15 is 0 Å². The number of ether oxygens (including phenoxy) is 1. The van der Waals surface area contributed by atoms with Gasteiger partial charge >= 0.3 is 0 Å². The summed E-state index contributed by atoms with van der Waals surface area (Å²) >= 11 is 1.51. The van der Waals surface area contributed by atoms with Crippen LogP contribution in [0.25, 0.3) is 0 Å². The Balaban J connectivity index is 2.58. The van der Waals surface area contributed by atoms with E-state index in [1.165, 1.54) is 11.3 Å². The minimum atomic E-state index is -0.385. The average Bonchev–Trinajstić information content (AvgIpc) is 2.62. The van der Waals surface area contributed by atoms with Crippen LogP contribution in [0, 0.1) is 5.92 Å². The highest BCUT2D eigenvalue weighted by molar-refractivity contribution is 7.16. The lowest BCUT2D eigenvalue weighted by atomic mass is 9.84. The molecule has 0 saturated heterocycles. The molecule has 1 unspecified atom stereocenters. The van der Waals surface area contributed by atoms with Gasteiger partial charge in [0.25, 0.3) is 0 Å². The number of carbonyl (C=O) groups is 1. The van der Waals surface area contributed by atoms with Crippen LogP contribution < -0.4 is 5.73 Å². The Labute approximate surface area is 125 Å². The van der Waals surface area contributed by atoms with Gasteiger partial charge in [0.2, 0.25) is 0 Å². The number of ketones is 1. The van der Waals surface area contributed by atoms with Crippen LogP contribution in [0.4, 0.5) is 5.00 Å². The Kier molecular flexibility index (Phi) is 3.76. The van der Waals surface area contributed by atoms with Crippen LogP contribution in [0.2, 0.25) is 0 Å². The third-order valence-corrected chi connectivity index (χ3v) is 5.39. The van der Waals surface area contributed by atoms with Gasteiger partial charge in [0.1, 0.15) is 0 Å². The van der Waals surface area contributed by atoms with Crippen LogP contribution in [-0.4, -0.2) is 11.4 Å². The third kappa shape index (κ3) is 2.51. The number of anilines is 1.